The second-order valence-electron chi connectivity index (χ2n) is 1.82. The Labute approximate surface area is 60.2 Å². The summed E-state index contributed by atoms with van der Waals surface area (Å²) in [7, 11) is 0. The number of hydrogen-bond acceptors (Lipinski definition) is 2. The Hall–Kier alpha value is -1.25. The minimum Gasteiger partial charge on any atom is -0.293 e. The number of allylic oxidation sites excluding steroid dienone is 1. The van der Waals surface area contributed by atoms with E-state index >= 15 is 0 Å². The number of carbonyl (C=O) groups excluding carboxylic acids is 1. The quantitative estimate of drug-likeness (QED) is 0.321. The Bertz CT molecular complexity index is 204. The zero-order valence-electron chi connectivity index (χ0n) is 6.22. The molecule has 3 heteroatoms. The van der Waals surface area contributed by atoms with E-state index in [-0.39, 0.29) is 11.5 Å². The Morgan fingerprint density at radius 1 is 1.40 bits per heavy atom. The lowest BCUT2D eigenvalue weighted by Crippen LogP contribution is -1.94. The van der Waals surface area contributed by atoms with Gasteiger partial charge in [-0.05, 0) is 13.6 Å². The van der Waals surface area contributed by atoms with Crippen molar-refractivity contribution in [1.82, 2.24) is 0 Å². The van der Waals surface area contributed by atoms with Gasteiger partial charge in [-0.25, -0.2) is 9.98 Å². The molecule has 0 spiro atoms. The second-order valence-corrected chi connectivity index (χ2v) is 1.82. The molecule has 54 valence electrons. The van der Waals surface area contributed by atoms with Gasteiger partial charge in [-0.1, -0.05) is 6.58 Å². The molecule has 0 aromatic heterocycles. The Balaban J connectivity index is 4.27. The number of nitrogens with zero attached hydrogens (tertiary/aromatic N) is 2. The third kappa shape index (κ3) is 2.91. The van der Waals surface area contributed by atoms with Crippen molar-refractivity contribution in [2.24, 2.45) is 9.98 Å². The monoisotopic (exact) mass is 138 g/mol. The van der Waals surface area contributed by atoms with Gasteiger partial charge in [-0.3, -0.25) is 4.79 Å². The number of rotatable bonds is 2. The maximum atomic E-state index is 10.5. The molecule has 10 heavy (non-hydrogen) atoms. The molecule has 0 amide bonds. The molecule has 0 aliphatic heterocycles. The largest absolute Gasteiger partial charge is 0.293 e. The van der Waals surface area contributed by atoms with E-state index in [9.17, 15) is 4.79 Å². The summed E-state index contributed by atoms with van der Waals surface area (Å²) in [5.41, 5.74) is 0.213. The van der Waals surface area contributed by atoms with Crippen molar-refractivity contribution in [3.63, 3.8) is 0 Å². The van der Waals surface area contributed by atoms with Gasteiger partial charge in [0.15, 0.2) is 5.78 Å². The molecule has 0 fully saturated rings. The standard InChI is InChI=1S/C7H10N2O/c1-5(6(2)10)9-7(3)8-4/h1,4H2,2-3H3. The molecule has 0 N–H and O–H groups in total. The second kappa shape index (κ2) is 3.71. The van der Waals surface area contributed by atoms with Crippen molar-refractivity contribution < 1.29 is 4.79 Å². The maximum Gasteiger partial charge on any atom is 0.177 e. The van der Waals surface area contributed by atoms with Crippen LogP contribution >= 0.6 is 0 Å². The fraction of sp³-hybridized carbons (Fsp3) is 0.286. The Morgan fingerprint density at radius 3 is 2.20 bits per heavy atom. The molecule has 0 saturated heterocycles. The SMILES string of the molecule is C=NC(C)=NC(=C)C(C)=O. The van der Waals surface area contributed by atoms with Crippen molar-refractivity contribution in [2.45, 2.75) is 13.8 Å². The van der Waals surface area contributed by atoms with Gasteiger partial charge in [-0.15, -0.1) is 0 Å². The highest BCUT2D eigenvalue weighted by molar-refractivity contribution is 5.96. The van der Waals surface area contributed by atoms with E-state index in [1.165, 1.54) is 6.92 Å². The molecule has 0 radical (unpaired) electrons. The minimum atomic E-state index is -0.150. The van der Waals surface area contributed by atoms with Gasteiger partial charge < -0.3 is 0 Å². The molecule has 0 aromatic carbocycles. The lowest BCUT2D eigenvalue weighted by molar-refractivity contribution is -0.113. The highest BCUT2D eigenvalue weighted by Crippen LogP contribution is 1.94. The Kier molecular flexibility index (Phi) is 3.25. The van der Waals surface area contributed by atoms with Crippen molar-refractivity contribution >= 4 is 18.3 Å². The molecule has 0 unspecified atom stereocenters. The van der Waals surface area contributed by atoms with Gasteiger partial charge >= 0.3 is 0 Å². The number of carbonyl (C=O) groups is 1. The molecule has 0 aromatic rings. The van der Waals surface area contributed by atoms with Crippen LogP contribution in [0.1, 0.15) is 13.8 Å². The summed E-state index contributed by atoms with van der Waals surface area (Å²) in [5, 5.41) is 0. The summed E-state index contributed by atoms with van der Waals surface area (Å²) in [5.74, 6) is 0.309. The van der Waals surface area contributed by atoms with Crippen LogP contribution in [0.4, 0.5) is 0 Å². The topological polar surface area (TPSA) is 41.8 Å². The van der Waals surface area contributed by atoms with Gasteiger partial charge in [0, 0.05) is 6.92 Å². The fourth-order valence-electron chi connectivity index (χ4n) is 0.309. The summed E-state index contributed by atoms with van der Waals surface area (Å²) in [6.45, 7) is 9.72. The highest BCUT2D eigenvalue weighted by atomic mass is 16.1. The first-order valence-corrected chi connectivity index (χ1v) is 2.79. The first-order valence-electron chi connectivity index (χ1n) is 2.79. The van der Waals surface area contributed by atoms with Crippen LogP contribution in [-0.2, 0) is 4.79 Å². The fourth-order valence-corrected chi connectivity index (χ4v) is 0.309. The van der Waals surface area contributed by atoms with Crippen molar-refractivity contribution in [3.8, 4) is 0 Å². The third-order valence-corrected chi connectivity index (χ3v) is 0.932. The van der Waals surface area contributed by atoms with Crippen molar-refractivity contribution in [1.29, 1.82) is 0 Å². The van der Waals surface area contributed by atoms with Gasteiger partial charge in [0.1, 0.15) is 11.5 Å². The molecule has 0 rings (SSSR count). The highest BCUT2D eigenvalue weighted by Gasteiger charge is 1.96. The molecule has 0 saturated carbocycles. The van der Waals surface area contributed by atoms with Crippen LogP contribution in [0.2, 0.25) is 0 Å². The number of hydrogen-bond donors (Lipinski definition) is 0. The smallest absolute Gasteiger partial charge is 0.177 e. The van der Waals surface area contributed by atoms with E-state index in [0.29, 0.717) is 5.84 Å². The molecule has 0 aliphatic carbocycles. The van der Waals surface area contributed by atoms with Crippen LogP contribution in [0.5, 0.6) is 0 Å². The van der Waals surface area contributed by atoms with Crippen molar-refractivity contribution in [3.05, 3.63) is 12.3 Å². The molecular weight excluding hydrogens is 128 g/mol. The average Bonchev–Trinajstić information content (AvgIpc) is 1.87. The van der Waals surface area contributed by atoms with Crippen LogP contribution in [0.25, 0.3) is 0 Å². The number of amidine groups is 1. The van der Waals surface area contributed by atoms with Gasteiger partial charge in [0.2, 0.25) is 0 Å². The lowest BCUT2D eigenvalue weighted by Gasteiger charge is -1.91. The first kappa shape index (κ1) is 8.75. The van der Waals surface area contributed by atoms with E-state index in [0.717, 1.165) is 0 Å². The summed E-state index contributed by atoms with van der Waals surface area (Å²) in [6, 6.07) is 0. The van der Waals surface area contributed by atoms with Gasteiger partial charge in [-0.2, -0.15) is 0 Å². The predicted octanol–water partition coefficient (Wildman–Crippen LogP) is 1.21. The normalized spacial score (nSPS) is 10.8. The summed E-state index contributed by atoms with van der Waals surface area (Å²) in [6.07, 6.45) is 0. The summed E-state index contributed by atoms with van der Waals surface area (Å²) >= 11 is 0. The van der Waals surface area contributed by atoms with Crippen LogP contribution in [0.15, 0.2) is 22.3 Å². The van der Waals surface area contributed by atoms with Crippen LogP contribution in [-0.4, -0.2) is 18.3 Å². The van der Waals surface area contributed by atoms with E-state index in [4.69, 9.17) is 0 Å². The van der Waals surface area contributed by atoms with Crippen LogP contribution < -0.4 is 0 Å². The van der Waals surface area contributed by atoms with Crippen LogP contribution in [0.3, 0.4) is 0 Å². The average molecular weight is 138 g/mol. The molecule has 0 atom stereocenters. The summed E-state index contributed by atoms with van der Waals surface area (Å²) < 4.78 is 0. The zero-order valence-corrected chi connectivity index (χ0v) is 6.22. The van der Waals surface area contributed by atoms with E-state index in [2.05, 4.69) is 23.3 Å². The zero-order chi connectivity index (χ0) is 8.15. The third-order valence-electron chi connectivity index (χ3n) is 0.932. The molecular formula is C7H10N2O. The maximum absolute atomic E-state index is 10.5. The minimum absolute atomic E-state index is 0.150. The summed E-state index contributed by atoms with van der Waals surface area (Å²) in [4.78, 5) is 17.8. The number of ketones is 1. The molecule has 0 bridgehead atoms. The Morgan fingerprint density at radius 2 is 1.90 bits per heavy atom. The molecule has 0 aliphatic rings. The van der Waals surface area contributed by atoms with Crippen LogP contribution in [0, 0.1) is 0 Å². The van der Waals surface area contributed by atoms with Gasteiger partial charge in [0.05, 0.1) is 0 Å². The molecule has 0 heterocycles. The molecule has 3 nitrogen and oxygen atoms in total. The van der Waals surface area contributed by atoms with E-state index < -0.39 is 0 Å². The predicted molar refractivity (Wildman–Crippen MR) is 42.5 cm³/mol. The van der Waals surface area contributed by atoms with Gasteiger partial charge in [0.25, 0.3) is 0 Å². The van der Waals surface area contributed by atoms with E-state index in [1.54, 1.807) is 6.92 Å². The van der Waals surface area contributed by atoms with E-state index in [1.807, 2.05) is 0 Å². The number of aliphatic imine (C=N–C) groups is 2. The first-order chi connectivity index (χ1) is 4.57. The number of Topliss-reactive ketones (excluding diaryl/α,β-unsaturated/α-hetero) is 1. The lowest BCUT2D eigenvalue weighted by atomic mass is 10.3. The van der Waals surface area contributed by atoms with Crippen molar-refractivity contribution in [2.75, 3.05) is 0 Å².